The minimum Gasteiger partial charge on any atom is -0.328 e. The van der Waals surface area contributed by atoms with Gasteiger partial charge in [-0.1, -0.05) is 19.8 Å². The van der Waals surface area contributed by atoms with Crippen molar-refractivity contribution in [2.75, 3.05) is 19.6 Å². The van der Waals surface area contributed by atoms with Crippen molar-refractivity contribution < 1.29 is 0 Å². The third-order valence-electron chi connectivity index (χ3n) is 4.28. The quantitative estimate of drug-likeness (QED) is 0.757. The van der Waals surface area contributed by atoms with E-state index in [-0.39, 0.29) is 0 Å². The third kappa shape index (κ3) is 3.46. The van der Waals surface area contributed by atoms with Gasteiger partial charge in [0.2, 0.25) is 0 Å². The average molecular weight is 210 g/mol. The number of piperidine rings is 1. The Hall–Kier alpha value is -0.0800. The summed E-state index contributed by atoms with van der Waals surface area (Å²) in [6, 6.07) is 0.479. The van der Waals surface area contributed by atoms with Crippen LogP contribution < -0.4 is 5.73 Å². The molecule has 2 nitrogen and oxygen atoms in total. The molecule has 2 fully saturated rings. The summed E-state index contributed by atoms with van der Waals surface area (Å²) in [6.07, 6.45) is 8.26. The van der Waals surface area contributed by atoms with E-state index in [1.54, 1.807) is 0 Å². The standard InChI is InChI=1S/C13H26N2/c1-11-2-4-12(5-3-11)10-15-8-6-13(14)7-9-15/h11-13H,2-10,14H2,1H3. The minimum atomic E-state index is 0.479. The van der Waals surface area contributed by atoms with Gasteiger partial charge in [0.1, 0.15) is 0 Å². The number of nitrogens with two attached hydrogens (primary N) is 1. The lowest BCUT2D eigenvalue weighted by Crippen LogP contribution is -2.42. The molecule has 0 aromatic heterocycles. The summed E-state index contributed by atoms with van der Waals surface area (Å²) < 4.78 is 0. The van der Waals surface area contributed by atoms with Gasteiger partial charge in [-0.05, 0) is 50.6 Å². The second kappa shape index (κ2) is 5.31. The normalized spacial score (nSPS) is 35.6. The Labute approximate surface area is 94.2 Å². The van der Waals surface area contributed by atoms with Crippen LogP contribution in [0.2, 0.25) is 0 Å². The molecule has 1 aliphatic carbocycles. The van der Waals surface area contributed by atoms with Gasteiger partial charge in [-0.3, -0.25) is 0 Å². The molecule has 0 unspecified atom stereocenters. The molecule has 0 amide bonds. The first kappa shape index (κ1) is 11.4. The maximum absolute atomic E-state index is 5.92. The van der Waals surface area contributed by atoms with E-state index in [4.69, 9.17) is 5.73 Å². The number of nitrogens with zero attached hydrogens (tertiary/aromatic N) is 1. The molecule has 1 saturated heterocycles. The fraction of sp³-hybridized carbons (Fsp3) is 1.00. The van der Waals surface area contributed by atoms with Crippen LogP contribution >= 0.6 is 0 Å². The van der Waals surface area contributed by atoms with E-state index in [0.29, 0.717) is 6.04 Å². The first-order valence-corrected chi connectivity index (χ1v) is 6.72. The van der Waals surface area contributed by atoms with E-state index >= 15 is 0 Å². The van der Waals surface area contributed by atoms with Gasteiger partial charge in [0.15, 0.2) is 0 Å². The lowest BCUT2D eigenvalue weighted by atomic mass is 9.82. The van der Waals surface area contributed by atoms with E-state index < -0.39 is 0 Å². The summed E-state index contributed by atoms with van der Waals surface area (Å²) in [4.78, 5) is 2.64. The molecule has 0 aromatic rings. The molecule has 1 saturated carbocycles. The predicted octanol–water partition coefficient (Wildman–Crippen LogP) is 2.24. The average Bonchev–Trinajstić information content (AvgIpc) is 2.25. The topological polar surface area (TPSA) is 29.3 Å². The smallest absolute Gasteiger partial charge is 0.00631 e. The molecule has 1 heterocycles. The maximum atomic E-state index is 5.92. The highest BCUT2D eigenvalue weighted by Crippen LogP contribution is 2.29. The Morgan fingerprint density at radius 1 is 1.00 bits per heavy atom. The summed E-state index contributed by atoms with van der Waals surface area (Å²) in [5.74, 6) is 1.96. The Kier molecular flexibility index (Phi) is 4.04. The highest BCUT2D eigenvalue weighted by Gasteiger charge is 2.22. The van der Waals surface area contributed by atoms with Gasteiger partial charge in [-0.25, -0.2) is 0 Å². The first-order chi connectivity index (χ1) is 7.24. The van der Waals surface area contributed by atoms with E-state index in [0.717, 1.165) is 11.8 Å². The van der Waals surface area contributed by atoms with Crippen LogP contribution in [0.4, 0.5) is 0 Å². The summed E-state index contributed by atoms with van der Waals surface area (Å²) in [7, 11) is 0. The fourth-order valence-electron chi connectivity index (χ4n) is 3.01. The van der Waals surface area contributed by atoms with Gasteiger partial charge >= 0.3 is 0 Å². The second-order valence-electron chi connectivity index (χ2n) is 5.76. The Bertz CT molecular complexity index is 157. The van der Waals surface area contributed by atoms with E-state index in [2.05, 4.69) is 11.8 Å². The Morgan fingerprint density at radius 3 is 2.20 bits per heavy atom. The SMILES string of the molecule is CC1CCC(CN2CCC(N)CC2)CC1. The molecule has 2 aliphatic rings. The molecular formula is C13H26N2. The number of likely N-dealkylation sites (tertiary alicyclic amines) is 1. The van der Waals surface area contributed by atoms with Crippen molar-refractivity contribution in [1.82, 2.24) is 4.90 Å². The summed E-state index contributed by atoms with van der Waals surface area (Å²) in [5, 5.41) is 0. The van der Waals surface area contributed by atoms with Crippen LogP contribution in [-0.4, -0.2) is 30.6 Å². The van der Waals surface area contributed by atoms with E-state index in [9.17, 15) is 0 Å². The molecule has 2 rings (SSSR count). The third-order valence-corrected chi connectivity index (χ3v) is 4.28. The van der Waals surface area contributed by atoms with Crippen molar-refractivity contribution in [3.63, 3.8) is 0 Å². The van der Waals surface area contributed by atoms with E-state index in [1.807, 2.05) is 0 Å². The van der Waals surface area contributed by atoms with Crippen molar-refractivity contribution in [3.05, 3.63) is 0 Å². The van der Waals surface area contributed by atoms with Gasteiger partial charge in [0.25, 0.3) is 0 Å². The minimum absolute atomic E-state index is 0.479. The first-order valence-electron chi connectivity index (χ1n) is 6.72. The van der Waals surface area contributed by atoms with Gasteiger partial charge in [0, 0.05) is 12.6 Å². The van der Waals surface area contributed by atoms with Crippen molar-refractivity contribution in [2.45, 2.75) is 51.5 Å². The zero-order chi connectivity index (χ0) is 10.7. The Morgan fingerprint density at radius 2 is 1.60 bits per heavy atom. The number of hydrogen-bond donors (Lipinski definition) is 1. The lowest BCUT2D eigenvalue weighted by molar-refractivity contribution is 0.154. The van der Waals surface area contributed by atoms with Crippen molar-refractivity contribution in [2.24, 2.45) is 17.6 Å². The van der Waals surface area contributed by atoms with Crippen LogP contribution in [0, 0.1) is 11.8 Å². The van der Waals surface area contributed by atoms with Crippen LogP contribution in [0.15, 0.2) is 0 Å². The zero-order valence-electron chi connectivity index (χ0n) is 10.1. The summed E-state index contributed by atoms with van der Waals surface area (Å²) >= 11 is 0. The van der Waals surface area contributed by atoms with Crippen molar-refractivity contribution >= 4 is 0 Å². The molecule has 0 radical (unpaired) electrons. The van der Waals surface area contributed by atoms with Gasteiger partial charge in [-0.2, -0.15) is 0 Å². The predicted molar refractivity (Wildman–Crippen MR) is 64.8 cm³/mol. The molecule has 0 atom stereocenters. The maximum Gasteiger partial charge on any atom is 0.00631 e. The Balaban J connectivity index is 1.68. The molecule has 2 N–H and O–H groups in total. The lowest BCUT2D eigenvalue weighted by Gasteiger charge is -2.35. The molecule has 0 bridgehead atoms. The number of rotatable bonds is 2. The zero-order valence-corrected chi connectivity index (χ0v) is 10.1. The molecule has 0 spiro atoms. The monoisotopic (exact) mass is 210 g/mol. The molecular weight excluding hydrogens is 184 g/mol. The van der Waals surface area contributed by atoms with Crippen LogP contribution in [-0.2, 0) is 0 Å². The summed E-state index contributed by atoms with van der Waals surface area (Å²) in [5.41, 5.74) is 5.92. The van der Waals surface area contributed by atoms with Crippen LogP contribution in [0.1, 0.15) is 45.4 Å². The molecule has 15 heavy (non-hydrogen) atoms. The second-order valence-corrected chi connectivity index (χ2v) is 5.76. The van der Waals surface area contributed by atoms with E-state index in [1.165, 1.54) is 58.2 Å². The molecule has 0 aromatic carbocycles. The highest BCUT2D eigenvalue weighted by molar-refractivity contribution is 4.78. The summed E-state index contributed by atoms with van der Waals surface area (Å²) in [6.45, 7) is 6.23. The highest BCUT2D eigenvalue weighted by atomic mass is 15.1. The molecule has 88 valence electrons. The van der Waals surface area contributed by atoms with Crippen molar-refractivity contribution in [3.8, 4) is 0 Å². The van der Waals surface area contributed by atoms with Gasteiger partial charge < -0.3 is 10.6 Å². The number of hydrogen-bond acceptors (Lipinski definition) is 2. The molecule has 1 aliphatic heterocycles. The van der Waals surface area contributed by atoms with Crippen molar-refractivity contribution in [1.29, 1.82) is 0 Å². The van der Waals surface area contributed by atoms with Gasteiger partial charge in [-0.15, -0.1) is 0 Å². The van der Waals surface area contributed by atoms with Crippen LogP contribution in [0.5, 0.6) is 0 Å². The fourth-order valence-corrected chi connectivity index (χ4v) is 3.01. The largest absolute Gasteiger partial charge is 0.328 e. The van der Waals surface area contributed by atoms with Crippen LogP contribution in [0.25, 0.3) is 0 Å². The molecule has 2 heteroatoms. The van der Waals surface area contributed by atoms with Gasteiger partial charge in [0.05, 0.1) is 0 Å². The van der Waals surface area contributed by atoms with Crippen LogP contribution in [0.3, 0.4) is 0 Å².